The molecule has 1 fully saturated rings. The molecule has 1 atom stereocenters. The molecule has 7 nitrogen and oxygen atoms in total. The maximum atomic E-state index is 12.2. The van der Waals surface area contributed by atoms with Crippen molar-refractivity contribution in [3.05, 3.63) is 42.7 Å². The first-order chi connectivity index (χ1) is 11.6. The van der Waals surface area contributed by atoms with Gasteiger partial charge in [-0.3, -0.25) is 9.59 Å². The van der Waals surface area contributed by atoms with Crippen LogP contribution < -0.4 is 5.32 Å². The van der Waals surface area contributed by atoms with E-state index in [4.69, 9.17) is 0 Å². The molecule has 0 saturated carbocycles. The van der Waals surface area contributed by atoms with Crippen LogP contribution in [-0.4, -0.2) is 50.8 Å². The van der Waals surface area contributed by atoms with Crippen LogP contribution in [0.1, 0.15) is 19.3 Å². The van der Waals surface area contributed by atoms with Crippen molar-refractivity contribution in [1.29, 1.82) is 0 Å². The van der Waals surface area contributed by atoms with Gasteiger partial charge in [0.1, 0.15) is 6.10 Å². The van der Waals surface area contributed by atoms with Crippen LogP contribution in [0.5, 0.6) is 0 Å². The summed E-state index contributed by atoms with van der Waals surface area (Å²) < 4.78 is 1.66. The summed E-state index contributed by atoms with van der Waals surface area (Å²) in [6, 6.07) is 9.56. The Kier molecular flexibility index (Phi) is 4.90. The minimum atomic E-state index is -0.999. The van der Waals surface area contributed by atoms with Gasteiger partial charge < -0.3 is 15.3 Å². The van der Waals surface area contributed by atoms with E-state index in [0.29, 0.717) is 18.7 Å². The molecule has 24 heavy (non-hydrogen) atoms. The third-order valence-electron chi connectivity index (χ3n) is 3.97. The summed E-state index contributed by atoms with van der Waals surface area (Å²) in [5.41, 5.74) is 1.45. The minimum absolute atomic E-state index is 0.0631. The summed E-state index contributed by atoms with van der Waals surface area (Å²) in [5.74, 6) is -0.673. The van der Waals surface area contributed by atoms with Crippen LogP contribution in [0, 0.1) is 0 Å². The zero-order valence-corrected chi connectivity index (χ0v) is 13.3. The van der Waals surface area contributed by atoms with Gasteiger partial charge in [0, 0.05) is 6.54 Å². The van der Waals surface area contributed by atoms with Crippen LogP contribution >= 0.6 is 0 Å². The zero-order valence-electron chi connectivity index (χ0n) is 13.3. The molecule has 1 aliphatic rings. The lowest BCUT2D eigenvalue weighted by Gasteiger charge is -2.21. The van der Waals surface area contributed by atoms with Crippen LogP contribution in [0.4, 0.5) is 5.69 Å². The third-order valence-corrected chi connectivity index (χ3v) is 3.97. The van der Waals surface area contributed by atoms with Gasteiger partial charge in [-0.05, 0) is 31.4 Å². The lowest BCUT2D eigenvalue weighted by Crippen LogP contribution is -2.42. The number of rotatable bonds is 4. The number of nitrogens with zero attached hydrogens (tertiary/aromatic N) is 3. The lowest BCUT2D eigenvalue weighted by atomic mass is 10.2. The van der Waals surface area contributed by atoms with Gasteiger partial charge >= 0.3 is 0 Å². The molecule has 3 rings (SSSR count). The number of benzene rings is 1. The number of carbonyl (C=O) groups excluding carboxylic acids is 2. The van der Waals surface area contributed by atoms with Crippen LogP contribution in [0.2, 0.25) is 0 Å². The highest BCUT2D eigenvalue weighted by molar-refractivity contribution is 5.95. The van der Waals surface area contributed by atoms with Gasteiger partial charge in [-0.25, -0.2) is 4.68 Å². The first-order valence-electron chi connectivity index (χ1n) is 8.00. The van der Waals surface area contributed by atoms with Crippen molar-refractivity contribution in [2.24, 2.45) is 0 Å². The molecule has 1 aliphatic heterocycles. The lowest BCUT2D eigenvalue weighted by molar-refractivity contribution is -0.141. The van der Waals surface area contributed by atoms with Crippen molar-refractivity contribution in [3.8, 4) is 5.69 Å². The molecular formula is C17H20N4O3. The van der Waals surface area contributed by atoms with Crippen molar-refractivity contribution in [1.82, 2.24) is 14.7 Å². The fraction of sp³-hybridized carbons (Fsp3) is 0.353. The number of aliphatic hydroxyl groups is 1. The average molecular weight is 328 g/mol. The van der Waals surface area contributed by atoms with E-state index in [2.05, 4.69) is 10.4 Å². The molecule has 1 unspecified atom stereocenters. The summed E-state index contributed by atoms with van der Waals surface area (Å²) in [7, 11) is 0. The van der Waals surface area contributed by atoms with Crippen molar-refractivity contribution < 1.29 is 14.7 Å². The number of para-hydroxylation sites is 1. The van der Waals surface area contributed by atoms with Gasteiger partial charge in [0.05, 0.1) is 30.3 Å². The molecule has 1 saturated heterocycles. The summed E-state index contributed by atoms with van der Waals surface area (Å²) in [4.78, 5) is 25.6. The smallest absolute Gasteiger partial charge is 0.251 e. The second kappa shape index (κ2) is 7.27. The van der Waals surface area contributed by atoms with Gasteiger partial charge in [0.25, 0.3) is 5.91 Å². The Labute approximate surface area is 139 Å². The van der Waals surface area contributed by atoms with E-state index in [-0.39, 0.29) is 18.4 Å². The first kappa shape index (κ1) is 16.2. The number of hydrogen-bond acceptors (Lipinski definition) is 4. The largest absolute Gasteiger partial charge is 0.383 e. The Morgan fingerprint density at radius 1 is 1.29 bits per heavy atom. The fourth-order valence-corrected chi connectivity index (χ4v) is 2.72. The molecule has 1 aromatic carbocycles. The molecular weight excluding hydrogens is 308 g/mol. The summed E-state index contributed by atoms with van der Waals surface area (Å²) in [6.07, 6.45) is 4.31. The van der Waals surface area contributed by atoms with Gasteiger partial charge in [-0.15, -0.1) is 0 Å². The molecule has 1 aromatic heterocycles. The van der Waals surface area contributed by atoms with Gasteiger partial charge in [0.15, 0.2) is 0 Å². The maximum absolute atomic E-state index is 12.2. The highest BCUT2D eigenvalue weighted by atomic mass is 16.3. The molecule has 7 heteroatoms. The van der Waals surface area contributed by atoms with E-state index in [1.165, 1.54) is 4.90 Å². The number of hydrogen-bond donors (Lipinski definition) is 2. The predicted molar refractivity (Wildman–Crippen MR) is 88.6 cm³/mol. The summed E-state index contributed by atoms with van der Waals surface area (Å²) in [6.45, 7) is 0.430. The van der Waals surface area contributed by atoms with E-state index in [9.17, 15) is 14.7 Å². The number of likely N-dealkylation sites (tertiary alicyclic amines) is 1. The van der Waals surface area contributed by atoms with Crippen LogP contribution in [0.3, 0.4) is 0 Å². The number of nitrogens with one attached hydrogen (secondary N) is 1. The molecule has 0 radical (unpaired) electrons. The Morgan fingerprint density at radius 3 is 2.88 bits per heavy atom. The van der Waals surface area contributed by atoms with Crippen LogP contribution in [0.25, 0.3) is 5.69 Å². The van der Waals surface area contributed by atoms with Crippen molar-refractivity contribution in [2.45, 2.75) is 25.4 Å². The van der Waals surface area contributed by atoms with E-state index >= 15 is 0 Å². The van der Waals surface area contributed by atoms with E-state index < -0.39 is 6.10 Å². The fourth-order valence-electron chi connectivity index (χ4n) is 2.72. The Balaban J connectivity index is 1.61. The Hall–Kier alpha value is -2.67. The highest BCUT2D eigenvalue weighted by Gasteiger charge is 2.26. The predicted octanol–water partition coefficient (Wildman–Crippen LogP) is 1.18. The SMILES string of the molecule is O=C(CN1CCCCC(O)C1=O)Nc1cnn(-c2ccccc2)c1. The van der Waals surface area contributed by atoms with E-state index in [1.807, 2.05) is 30.3 Å². The van der Waals surface area contributed by atoms with Gasteiger partial charge in [0.2, 0.25) is 5.91 Å². The monoisotopic (exact) mass is 328 g/mol. The average Bonchev–Trinajstić information content (AvgIpc) is 2.99. The van der Waals surface area contributed by atoms with Gasteiger partial charge in [-0.2, -0.15) is 5.10 Å². The second-order valence-corrected chi connectivity index (χ2v) is 5.83. The molecule has 0 spiro atoms. The molecule has 2 heterocycles. The normalized spacial score (nSPS) is 18.3. The standard InChI is InChI=1S/C17H20N4O3/c22-15-8-4-5-9-20(17(15)24)12-16(23)19-13-10-18-21(11-13)14-6-2-1-3-7-14/h1-3,6-7,10-11,15,22H,4-5,8-9,12H2,(H,19,23). The van der Waals surface area contributed by atoms with Crippen LogP contribution in [-0.2, 0) is 9.59 Å². The second-order valence-electron chi connectivity index (χ2n) is 5.83. The molecule has 0 aliphatic carbocycles. The molecule has 2 aromatic rings. The minimum Gasteiger partial charge on any atom is -0.383 e. The topological polar surface area (TPSA) is 87.5 Å². The van der Waals surface area contributed by atoms with Gasteiger partial charge in [-0.1, -0.05) is 18.2 Å². The maximum Gasteiger partial charge on any atom is 0.251 e. The van der Waals surface area contributed by atoms with Crippen molar-refractivity contribution in [2.75, 3.05) is 18.4 Å². The third kappa shape index (κ3) is 3.80. The van der Waals surface area contributed by atoms with E-state index in [0.717, 1.165) is 18.5 Å². The molecule has 126 valence electrons. The molecule has 2 amide bonds. The molecule has 0 bridgehead atoms. The quantitative estimate of drug-likeness (QED) is 0.882. The molecule has 2 N–H and O–H groups in total. The Bertz CT molecular complexity index is 714. The number of anilines is 1. The first-order valence-corrected chi connectivity index (χ1v) is 8.00. The van der Waals surface area contributed by atoms with Crippen molar-refractivity contribution >= 4 is 17.5 Å². The van der Waals surface area contributed by atoms with E-state index in [1.54, 1.807) is 17.1 Å². The number of carbonyl (C=O) groups is 2. The number of aromatic nitrogens is 2. The summed E-state index contributed by atoms with van der Waals surface area (Å²) >= 11 is 0. The zero-order chi connectivity index (χ0) is 16.9. The number of amides is 2. The number of aliphatic hydroxyl groups excluding tert-OH is 1. The highest BCUT2D eigenvalue weighted by Crippen LogP contribution is 2.13. The van der Waals surface area contributed by atoms with Crippen LogP contribution in [0.15, 0.2) is 42.7 Å². The summed E-state index contributed by atoms with van der Waals surface area (Å²) in [5, 5.41) is 16.7. The van der Waals surface area contributed by atoms with Crippen molar-refractivity contribution in [3.63, 3.8) is 0 Å². The Morgan fingerprint density at radius 2 is 2.08 bits per heavy atom.